The summed E-state index contributed by atoms with van der Waals surface area (Å²) in [6, 6.07) is 12.4. The van der Waals surface area contributed by atoms with Gasteiger partial charge in [-0.1, -0.05) is 29.5 Å². The van der Waals surface area contributed by atoms with Crippen LogP contribution in [0, 0.1) is 6.92 Å². The van der Waals surface area contributed by atoms with Crippen LogP contribution in [0.4, 0.5) is 0 Å². The minimum atomic E-state index is -3.29. The lowest BCUT2D eigenvalue weighted by Gasteiger charge is -2.05. The number of nitrogens with zero attached hydrogens (tertiary/aromatic N) is 2. The number of fused-ring (bicyclic) bond motifs is 1. The first-order chi connectivity index (χ1) is 12.8. The van der Waals surface area contributed by atoms with E-state index in [1.54, 1.807) is 36.0 Å². The topological polar surface area (TPSA) is 68.5 Å². The zero-order valence-electron chi connectivity index (χ0n) is 15.3. The van der Waals surface area contributed by atoms with Gasteiger partial charge in [0.1, 0.15) is 0 Å². The van der Waals surface area contributed by atoms with E-state index in [9.17, 15) is 13.2 Å². The van der Waals surface area contributed by atoms with E-state index < -0.39 is 9.84 Å². The summed E-state index contributed by atoms with van der Waals surface area (Å²) in [7, 11) is -3.29. The van der Waals surface area contributed by atoms with Crippen molar-refractivity contribution in [3.8, 4) is 0 Å². The van der Waals surface area contributed by atoms with Gasteiger partial charge in [-0.15, -0.1) is 0 Å². The second-order valence-corrected chi connectivity index (χ2v) is 10.2. The van der Waals surface area contributed by atoms with E-state index in [2.05, 4.69) is 4.99 Å². The van der Waals surface area contributed by atoms with Gasteiger partial charge >= 0.3 is 0 Å². The van der Waals surface area contributed by atoms with E-state index in [4.69, 9.17) is 0 Å². The Morgan fingerprint density at radius 2 is 1.96 bits per heavy atom. The highest BCUT2D eigenvalue weighted by atomic mass is 32.2. The highest BCUT2D eigenvalue weighted by Crippen LogP contribution is 2.22. The number of benzene rings is 2. The van der Waals surface area contributed by atoms with Gasteiger partial charge < -0.3 is 4.57 Å². The number of thiazole rings is 1. The lowest BCUT2D eigenvalue weighted by Crippen LogP contribution is -2.18. The van der Waals surface area contributed by atoms with Crippen LogP contribution in [0.2, 0.25) is 0 Å². The molecule has 0 N–H and O–H groups in total. The number of carbonyl (C=O) groups excluding carboxylic acids is 1. The van der Waals surface area contributed by atoms with Gasteiger partial charge in [0.15, 0.2) is 14.6 Å². The Bertz CT molecular complexity index is 1170. The van der Waals surface area contributed by atoms with Gasteiger partial charge in [0, 0.05) is 24.1 Å². The molecule has 0 atom stereocenters. The Morgan fingerprint density at radius 1 is 1.22 bits per heavy atom. The number of amides is 1. The molecule has 0 aliphatic heterocycles. The molecule has 0 aliphatic rings. The maximum Gasteiger partial charge on any atom is 0.279 e. The van der Waals surface area contributed by atoms with Crippen LogP contribution in [-0.2, 0) is 16.4 Å². The molecule has 1 heterocycles. The number of aromatic nitrogens is 1. The van der Waals surface area contributed by atoms with Crippen LogP contribution in [0.15, 0.2) is 52.4 Å². The molecule has 3 rings (SSSR count). The second-order valence-electron chi connectivity index (χ2n) is 6.16. The van der Waals surface area contributed by atoms with Gasteiger partial charge in [0.2, 0.25) is 0 Å². The van der Waals surface area contributed by atoms with Gasteiger partial charge in [-0.3, -0.25) is 4.79 Å². The van der Waals surface area contributed by atoms with Crippen LogP contribution in [0.1, 0.15) is 15.9 Å². The fraction of sp³-hybridized carbons (Fsp3) is 0.263. The fourth-order valence-corrected chi connectivity index (χ4v) is 4.91. The summed E-state index contributed by atoms with van der Waals surface area (Å²) in [6.07, 6.45) is 3.21. The average molecular weight is 421 g/mol. The average Bonchev–Trinajstić information content (AvgIpc) is 2.95. The van der Waals surface area contributed by atoms with Gasteiger partial charge in [-0.05, 0) is 43.0 Å². The number of rotatable bonds is 5. The maximum absolute atomic E-state index is 12.7. The minimum absolute atomic E-state index is 0.269. The number of carbonyl (C=O) groups is 1. The SMILES string of the molecule is CSCCn1c(=NC(=O)c2ccccc2C)sc2cc(S(C)(=O)=O)ccc21. The van der Waals surface area contributed by atoms with Gasteiger partial charge in [-0.2, -0.15) is 16.8 Å². The number of hydrogen-bond acceptors (Lipinski definition) is 5. The third-order valence-electron chi connectivity index (χ3n) is 4.17. The molecule has 0 saturated carbocycles. The molecule has 142 valence electrons. The molecule has 8 heteroatoms. The summed E-state index contributed by atoms with van der Waals surface area (Å²) in [6.45, 7) is 2.58. The van der Waals surface area contributed by atoms with Crippen molar-refractivity contribution in [2.24, 2.45) is 4.99 Å². The van der Waals surface area contributed by atoms with Crippen molar-refractivity contribution in [2.45, 2.75) is 18.4 Å². The van der Waals surface area contributed by atoms with E-state index >= 15 is 0 Å². The van der Waals surface area contributed by atoms with Crippen molar-refractivity contribution in [1.82, 2.24) is 4.57 Å². The predicted octanol–water partition coefficient (Wildman–Crippen LogP) is 3.52. The molecule has 1 aromatic heterocycles. The predicted molar refractivity (Wildman–Crippen MR) is 112 cm³/mol. The largest absolute Gasteiger partial charge is 0.316 e. The van der Waals surface area contributed by atoms with E-state index in [1.807, 2.05) is 35.9 Å². The summed E-state index contributed by atoms with van der Waals surface area (Å²) in [5, 5.41) is 0. The summed E-state index contributed by atoms with van der Waals surface area (Å²) >= 11 is 3.04. The standard InChI is InChI=1S/C19H20N2O3S3/c1-13-6-4-5-7-15(13)18(22)20-19-21(10-11-25-2)16-9-8-14(27(3,23)24)12-17(16)26-19/h4-9,12H,10-11H2,1-3H3. The van der Waals surface area contributed by atoms with Crippen molar-refractivity contribution in [3.05, 3.63) is 58.4 Å². The van der Waals surface area contributed by atoms with E-state index in [-0.39, 0.29) is 10.8 Å². The monoisotopic (exact) mass is 420 g/mol. The molecule has 27 heavy (non-hydrogen) atoms. The Labute approximate surface area is 166 Å². The highest BCUT2D eigenvalue weighted by molar-refractivity contribution is 7.98. The molecule has 0 radical (unpaired) electrons. The van der Waals surface area contributed by atoms with Crippen molar-refractivity contribution in [2.75, 3.05) is 18.3 Å². The van der Waals surface area contributed by atoms with Crippen LogP contribution < -0.4 is 4.80 Å². The summed E-state index contributed by atoms with van der Waals surface area (Å²) in [5.74, 6) is 0.576. The fourth-order valence-electron chi connectivity index (χ4n) is 2.73. The van der Waals surface area contributed by atoms with Crippen LogP contribution >= 0.6 is 23.1 Å². The number of thioether (sulfide) groups is 1. The molecular weight excluding hydrogens is 400 g/mol. The summed E-state index contributed by atoms with van der Waals surface area (Å²) < 4.78 is 26.5. The van der Waals surface area contributed by atoms with Crippen molar-refractivity contribution < 1.29 is 13.2 Å². The molecule has 0 aliphatic carbocycles. The molecule has 1 amide bonds. The first kappa shape index (κ1) is 19.9. The molecular formula is C19H20N2O3S3. The Balaban J connectivity index is 2.18. The molecule has 0 spiro atoms. The third-order valence-corrected chi connectivity index (χ3v) is 6.92. The molecule has 2 aromatic carbocycles. The van der Waals surface area contributed by atoms with Gasteiger partial charge in [0.25, 0.3) is 5.91 Å². The first-order valence-electron chi connectivity index (χ1n) is 8.28. The quantitative estimate of drug-likeness (QED) is 0.633. The van der Waals surface area contributed by atoms with Crippen molar-refractivity contribution >= 4 is 49.1 Å². The lowest BCUT2D eigenvalue weighted by molar-refractivity contribution is 0.0997. The normalized spacial score (nSPS) is 12.6. The highest BCUT2D eigenvalue weighted by Gasteiger charge is 2.13. The van der Waals surface area contributed by atoms with E-state index in [1.165, 1.54) is 17.6 Å². The molecule has 5 nitrogen and oxygen atoms in total. The van der Waals surface area contributed by atoms with Gasteiger partial charge in [0.05, 0.1) is 15.1 Å². The third kappa shape index (κ3) is 4.34. The Morgan fingerprint density at radius 3 is 2.63 bits per heavy atom. The lowest BCUT2D eigenvalue weighted by atomic mass is 10.1. The first-order valence-corrected chi connectivity index (χ1v) is 12.4. The summed E-state index contributed by atoms with van der Waals surface area (Å²) in [5.41, 5.74) is 2.34. The summed E-state index contributed by atoms with van der Waals surface area (Å²) in [4.78, 5) is 17.9. The van der Waals surface area contributed by atoms with Crippen LogP contribution in [0.5, 0.6) is 0 Å². The molecule has 0 bridgehead atoms. The van der Waals surface area contributed by atoms with E-state index in [0.29, 0.717) is 16.9 Å². The molecule has 0 fully saturated rings. The van der Waals surface area contributed by atoms with Gasteiger partial charge in [-0.25, -0.2) is 8.42 Å². The second kappa shape index (κ2) is 8.00. The van der Waals surface area contributed by atoms with E-state index in [0.717, 1.165) is 21.5 Å². The minimum Gasteiger partial charge on any atom is -0.316 e. The zero-order valence-corrected chi connectivity index (χ0v) is 17.7. The maximum atomic E-state index is 12.7. The number of sulfone groups is 1. The number of hydrogen-bond donors (Lipinski definition) is 0. The Kier molecular flexibility index (Phi) is 5.88. The van der Waals surface area contributed by atoms with Crippen LogP contribution in [-0.4, -0.2) is 37.2 Å². The molecule has 0 unspecified atom stereocenters. The van der Waals surface area contributed by atoms with Crippen molar-refractivity contribution in [1.29, 1.82) is 0 Å². The zero-order chi connectivity index (χ0) is 19.6. The van der Waals surface area contributed by atoms with Crippen LogP contribution in [0.25, 0.3) is 10.2 Å². The molecule has 0 saturated heterocycles. The van der Waals surface area contributed by atoms with Crippen molar-refractivity contribution in [3.63, 3.8) is 0 Å². The Hall–Kier alpha value is -1.90. The smallest absolute Gasteiger partial charge is 0.279 e. The number of aryl methyl sites for hydroxylation is 2. The molecule has 3 aromatic rings. The van der Waals surface area contributed by atoms with Crippen LogP contribution in [0.3, 0.4) is 0 Å².